The molecule has 0 aliphatic carbocycles. The number of nitrogens with zero attached hydrogens (tertiary/aromatic N) is 1. The predicted octanol–water partition coefficient (Wildman–Crippen LogP) is 2.94. The van der Waals surface area contributed by atoms with E-state index >= 15 is 0 Å². The number of nitrogens with two attached hydrogens (primary N) is 1. The van der Waals surface area contributed by atoms with Crippen LogP contribution in [0.25, 0.3) is 0 Å². The van der Waals surface area contributed by atoms with Crippen LogP contribution in [0.1, 0.15) is 24.8 Å². The molecule has 2 aliphatic rings. The standard InChI is InChI=1S/C18H26ClN3O2.2ClH/c1-12-2-3-14(19)8-16(12)22-7-6-13(11-22)10-21-18(23)17-5-4-15(9-20)24-17;;/h2-3,8,13,15,17H,4-7,9-11,20H2,1H3,(H,21,23);2*1H/t13?,15-,17+;;/m1../s1. The van der Waals surface area contributed by atoms with Gasteiger partial charge in [0.1, 0.15) is 6.10 Å². The topological polar surface area (TPSA) is 67.6 Å². The molecule has 1 unspecified atom stereocenters. The maximum Gasteiger partial charge on any atom is 0.249 e. The van der Waals surface area contributed by atoms with Crippen molar-refractivity contribution >= 4 is 48.0 Å². The van der Waals surface area contributed by atoms with Crippen LogP contribution in [-0.4, -0.2) is 44.3 Å². The number of hydrogen-bond acceptors (Lipinski definition) is 4. The van der Waals surface area contributed by atoms with E-state index in [9.17, 15) is 4.79 Å². The third-order valence-electron chi connectivity index (χ3n) is 5.03. The van der Waals surface area contributed by atoms with Crippen molar-refractivity contribution in [2.75, 3.05) is 31.1 Å². The number of nitrogens with one attached hydrogen (secondary N) is 1. The van der Waals surface area contributed by atoms with E-state index < -0.39 is 0 Å². The van der Waals surface area contributed by atoms with Crippen molar-refractivity contribution < 1.29 is 9.53 Å². The minimum atomic E-state index is -0.328. The molecule has 2 saturated heterocycles. The van der Waals surface area contributed by atoms with E-state index in [1.165, 1.54) is 11.3 Å². The largest absolute Gasteiger partial charge is 0.371 e. The number of hydrogen-bond donors (Lipinski definition) is 2. The van der Waals surface area contributed by atoms with Gasteiger partial charge in [-0.2, -0.15) is 0 Å². The van der Waals surface area contributed by atoms with Gasteiger partial charge < -0.3 is 20.7 Å². The summed E-state index contributed by atoms with van der Waals surface area (Å²) in [6.45, 7) is 5.23. The molecule has 0 aromatic heterocycles. The van der Waals surface area contributed by atoms with Crippen molar-refractivity contribution in [1.82, 2.24) is 5.32 Å². The van der Waals surface area contributed by atoms with Crippen LogP contribution in [0.4, 0.5) is 5.69 Å². The minimum Gasteiger partial charge on any atom is -0.371 e. The second-order valence-electron chi connectivity index (χ2n) is 6.84. The zero-order chi connectivity index (χ0) is 17.1. The van der Waals surface area contributed by atoms with Gasteiger partial charge in [0.25, 0.3) is 0 Å². The van der Waals surface area contributed by atoms with Gasteiger partial charge in [0, 0.05) is 36.9 Å². The van der Waals surface area contributed by atoms with Crippen molar-refractivity contribution in [3.8, 4) is 0 Å². The molecule has 0 radical (unpaired) electrons. The highest BCUT2D eigenvalue weighted by Crippen LogP contribution is 2.29. The lowest BCUT2D eigenvalue weighted by molar-refractivity contribution is -0.132. The molecule has 5 nitrogen and oxygen atoms in total. The van der Waals surface area contributed by atoms with Crippen LogP contribution in [0, 0.1) is 12.8 Å². The molecule has 1 aromatic rings. The first-order valence-corrected chi connectivity index (χ1v) is 9.09. The summed E-state index contributed by atoms with van der Waals surface area (Å²) in [7, 11) is 0. The van der Waals surface area contributed by atoms with Crippen LogP contribution >= 0.6 is 36.4 Å². The number of ether oxygens (including phenoxy) is 1. The highest BCUT2D eigenvalue weighted by Gasteiger charge is 2.31. The number of anilines is 1. The van der Waals surface area contributed by atoms with Gasteiger partial charge in [-0.05, 0) is 49.8 Å². The van der Waals surface area contributed by atoms with Crippen LogP contribution in [0.3, 0.4) is 0 Å². The van der Waals surface area contributed by atoms with Crippen LogP contribution in [0.2, 0.25) is 5.02 Å². The third kappa shape index (κ3) is 5.64. The Morgan fingerprint density at radius 1 is 1.35 bits per heavy atom. The Morgan fingerprint density at radius 2 is 2.12 bits per heavy atom. The fraction of sp³-hybridized carbons (Fsp3) is 0.611. The van der Waals surface area contributed by atoms with E-state index in [1.54, 1.807) is 0 Å². The molecule has 3 rings (SSSR count). The average molecular weight is 425 g/mol. The van der Waals surface area contributed by atoms with Crippen LogP contribution < -0.4 is 16.0 Å². The zero-order valence-electron chi connectivity index (χ0n) is 14.9. The molecule has 3 N–H and O–H groups in total. The Labute approximate surface area is 172 Å². The number of carbonyl (C=O) groups is 1. The van der Waals surface area contributed by atoms with Crippen molar-refractivity contribution in [3.05, 3.63) is 28.8 Å². The van der Waals surface area contributed by atoms with Crippen molar-refractivity contribution in [1.29, 1.82) is 0 Å². The van der Waals surface area contributed by atoms with Gasteiger partial charge in [-0.25, -0.2) is 0 Å². The van der Waals surface area contributed by atoms with Crippen LogP contribution in [0.15, 0.2) is 18.2 Å². The van der Waals surface area contributed by atoms with E-state index in [0.29, 0.717) is 19.0 Å². The molecule has 0 saturated carbocycles. The zero-order valence-corrected chi connectivity index (χ0v) is 17.3. The first-order chi connectivity index (χ1) is 11.6. The maximum atomic E-state index is 12.2. The summed E-state index contributed by atoms with van der Waals surface area (Å²) in [5, 5.41) is 3.82. The molecule has 1 aromatic carbocycles. The Bertz CT molecular complexity index is 603. The fourth-order valence-electron chi connectivity index (χ4n) is 3.57. The SMILES string of the molecule is Cc1ccc(Cl)cc1N1CCC(CNC(=O)[C@@H]2CC[C@H](CN)O2)C1.Cl.Cl. The third-order valence-corrected chi connectivity index (χ3v) is 5.26. The molecule has 3 atom stereocenters. The summed E-state index contributed by atoms with van der Waals surface area (Å²) in [5.74, 6) is 0.461. The Morgan fingerprint density at radius 3 is 2.81 bits per heavy atom. The van der Waals surface area contributed by atoms with E-state index in [4.69, 9.17) is 22.1 Å². The summed E-state index contributed by atoms with van der Waals surface area (Å²) < 4.78 is 5.64. The van der Waals surface area contributed by atoms with Gasteiger partial charge >= 0.3 is 0 Å². The molecule has 2 fully saturated rings. The van der Waals surface area contributed by atoms with Gasteiger partial charge in [0.15, 0.2) is 0 Å². The lowest BCUT2D eigenvalue weighted by atomic mass is 10.1. The summed E-state index contributed by atoms with van der Waals surface area (Å²) in [4.78, 5) is 14.6. The quantitative estimate of drug-likeness (QED) is 0.762. The molecule has 26 heavy (non-hydrogen) atoms. The highest BCUT2D eigenvalue weighted by molar-refractivity contribution is 6.30. The van der Waals surface area contributed by atoms with E-state index in [0.717, 1.165) is 37.4 Å². The summed E-state index contributed by atoms with van der Waals surface area (Å²) in [5.41, 5.74) is 8.02. The second-order valence-corrected chi connectivity index (χ2v) is 7.27. The van der Waals surface area contributed by atoms with E-state index in [-0.39, 0.29) is 42.9 Å². The number of aryl methyl sites for hydroxylation is 1. The first kappa shape index (κ1) is 23.3. The van der Waals surface area contributed by atoms with Gasteiger partial charge in [0.2, 0.25) is 5.91 Å². The molecular formula is C18H28Cl3N3O2. The fourth-order valence-corrected chi connectivity index (χ4v) is 3.74. The molecular weight excluding hydrogens is 397 g/mol. The maximum absolute atomic E-state index is 12.2. The second kappa shape index (κ2) is 10.6. The number of halogens is 3. The van der Waals surface area contributed by atoms with Gasteiger partial charge in [-0.15, -0.1) is 24.8 Å². The van der Waals surface area contributed by atoms with E-state index in [1.807, 2.05) is 12.1 Å². The summed E-state index contributed by atoms with van der Waals surface area (Å²) in [6, 6.07) is 6.00. The average Bonchev–Trinajstić information content (AvgIpc) is 3.24. The highest BCUT2D eigenvalue weighted by atomic mass is 35.5. The Hall–Kier alpha value is -0.720. The summed E-state index contributed by atoms with van der Waals surface area (Å²) in [6.07, 6.45) is 2.43. The number of rotatable bonds is 5. The lowest BCUT2D eigenvalue weighted by Crippen LogP contribution is -2.38. The normalized spacial score (nSPS) is 24.7. The van der Waals surface area contributed by atoms with Gasteiger partial charge in [-0.3, -0.25) is 4.79 Å². The number of benzene rings is 1. The first-order valence-electron chi connectivity index (χ1n) is 8.71. The molecule has 8 heteroatoms. The van der Waals surface area contributed by atoms with Gasteiger partial charge in [0.05, 0.1) is 6.10 Å². The lowest BCUT2D eigenvalue weighted by Gasteiger charge is -2.21. The summed E-state index contributed by atoms with van der Waals surface area (Å²) >= 11 is 6.12. The minimum absolute atomic E-state index is 0. The van der Waals surface area contributed by atoms with Gasteiger partial charge in [-0.1, -0.05) is 17.7 Å². The predicted molar refractivity (Wildman–Crippen MR) is 111 cm³/mol. The van der Waals surface area contributed by atoms with Crippen LogP contribution in [0.5, 0.6) is 0 Å². The molecule has 148 valence electrons. The molecule has 2 heterocycles. The molecule has 0 spiro atoms. The smallest absolute Gasteiger partial charge is 0.249 e. The van der Waals surface area contributed by atoms with Crippen LogP contribution in [-0.2, 0) is 9.53 Å². The Balaban J connectivity index is 0.00000169. The van der Waals surface area contributed by atoms with Crippen molar-refractivity contribution in [2.24, 2.45) is 11.7 Å². The van der Waals surface area contributed by atoms with Crippen molar-refractivity contribution in [3.63, 3.8) is 0 Å². The molecule has 0 bridgehead atoms. The van der Waals surface area contributed by atoms with Crippen molar-refractivity contribution in [2.45, 2.75) is 38.4 Å². The molecule has 2 aliphatic heterocycles. The van der Waals surface area contributed by atoms with E-state index in [2.05, 4.69) is 23.2 Å². The number of amides is 1. The molecule has 1 amide bonds. The number of carbonyl (C=O) groups excluding carboxylic acids is 1. The monoisotopic (exact) mass is 423 g/mol. The Kier molecular flexibility index (Phi) is 9.48.